The average molecular weight is 551 g/mol. The number of benzene rings is 2. The smallest absolute Gasteiger partial charge is 0.195 e. The van der Waals surface area contributed by atoms with Crippen molar-refractivity contribution in [3.8, 4) is 0 Å². The van der Waals surface area contributed by atoms with Gasteiger partial charge in [0.05, 0.1) is 0 Å². The Morgan fingerprint density at radius 1 is 0.743 bits per heavy atom. The van der Waals surface area contributed by atoms with Crippen LogP contribution in [0.5, 0.6) is 0 Å². The van der Waals surface area contributed by atoms with Gasteiger partial charge in [-0.2, -0.15) is 8.78 Å². The number of aromatic nitrogens is 1. The van der Waals surface area contributed by atoms with Crippen LogP contribution in [0.1, 0.15) is 71.0 Å². The van der Waals surface area contributed by atoms with Crippen LogP contribution in [-0.2, 0) is 0 Å². The lowest BCUT2D eigenvalue weighted by Crippen LogP contribution is -2.57. The van der Waals surface area contributed by atoms with Crippen LogP contribution >= 0.6 is 15.9 Å². The predicted octanol–water partition coefficient (Wildman–Crippen LogP) is 8.76. The summed E-state index contributed by atoms with van der Waals surface area (Å²) < 4.78 is 60.2. The predicted molar refractivity (Wildman–Crippen MR) is 135 cm³/mol. The van der Waals surface area contributed by atoms with Crippen LogP contribution in [0.2, 0.25) is 0 Å². The van der Waals surface area contributed by atoms with Crippen molar-refractivity contribution in [1.29, 1.82) is 0 Å². The van der Waals surface area contributed by atoms with Crippen molar-refractivity contribution in [1.82, 2.24) is 0 Å². The number of hydrogen-bond acceptors (Lipinski definition) is 0. The number of hydrogen-bond donors (Lipinski definition) is 0. The topological polar surface area (TPSA) is 3.88 Å². The Hall–Kier alpha value is -2.21. The Balaban J connectivity index is 2.38. The van der Waals surface area contributed by atoms with Gasteiger partial charge in [0, 0.05) is 16.9 Å². The second kappa shape index (κ2) is 10.4. The first-order chi connectivity index (χ1) is 16.3. The Morgan fingerprint density at radius 3 is 1.60 bits per heavy atom. The summed E-state index contributed by atoms with van der Waals surface area (Å²) in [6.07, 6.45) is 0.843. The highest BCUT2D eigenvalue weighted by Gasteiger charge is 2.53. The molecule has 0 saturated heterocycles. The monoisotopic (exact) mass is 550 g/mol. The molecule has 0 N–H and O–H groups in total. The zero-order valence-electron chi connectivity index (χ0n) is 21.0. The second-order valence-electron chi connectivity index (χ2n) is 11.0. The molecule has 1 nitrogen and oxygen atoms in total. The van der Waals surface area contributed by atoms with Gasteiger partial charge in [-0.1, -0.05) is 102 Å². The first kappa shape index (κ1) is 27.4. The lowest BCUT2D eigenvalue weighted by atomic mass is 9.56. The van der Waals surface area contributed by atoms with E-state index in [-0.39, 0.29) is 11.3 Å². The molecule has 3 aromatic rings. The summed E-state index contributed by atoms with van der Waals surface area (Å²) in [6, 6.07) is 17.6. The fourth-order valence-electron chi connectivity index (χ4n) is 6.21. The molecule has 2 atom stereocenters. The summed E-state index contributed by atoms with van der Waals surface area (Å²) in [5.41, 5.74) is 0.359. The fraction of sp³-hybridized carbons (Fsp3) is 0.414. The van der Waals surface area contributed by atoms with Gasteiger partial charge in [-0.3, -0.25) is 0 Å². The van der Waals surface area contributed by atoms with E-state index in [0.29, 0.717) is 16.0 Å². The molecule has 0 aliphatic carbocycles. The molecule has 0 saturated carbocycles. The van der Waals surface area contributed by atoms with Gasteiger partial charge in [-0.25, -0.2) is 0 Å². The Bertz CT molecular complexity index is 1130. The van der Waals surface area contributed by atoms with Crippen molar-refractivity contribution in [2.75, 3.05) is 0 Å². The third kappa shape index (κ3) is 5.32. The largest absolute Gasteiger partial charge is 0.400 e. The molecule has 0 bridgehead atoms. The number of nitrogens with zero attached hydrogens (tertiary/aromatic N) is 1. The van der Waals surface area contributed by atoms with Crippen LogP contribution in [0, 0.1) is 40.3 Å². The van der Waals surface area contributed by atoms with E-state index in [1.54, 1.807) is 30.3 Å². The van der Waals surface area contributed by atoms with E-state index >= 15 is 8.78 Å². The lowest BCUT2D eigenvalue weighted by Gasteiger charge is -2.47. The van der Waals surface area contributed by atoms with Crippen molar-refractivity contribution in [2.24, 2.45) is 16.7 Å². The van der Waals surface area contributed by atoms with Crippen LogP contribution in [0.4, 0.5) is 17.6 Å². The average Bonchev–Trinajstić information content (AvgIpc) is 2.79. The third-order valence-corrected chi connectivity index (χ3v) is 7.54. The molecular weight excluding hydrogens is 518 g/mol. The van der Waals surface area contributed by atoms with Gasteiger partial charge in [-0.05, 0) is 39.2 Å². The highest BCUT2D eigenvalue weighted by Crippen LogP contribution is 2.55. The maximum atomic E-state index is 15.5. The third-order valence-electron chi connectivity index (χ3n) is 6.84. The minimum Gasteiger partial charge on any atom is -0.195 e. The van der Waals surface area contributed by atoms with E-state index in [1.807, 2.05) is 44.2 Å². The van der Waals surface area contributed by atoms with Crippen LogP contribution in [0.25, 0.3) is 0 Å². The molecule has 0 radical (unpaired) electrons. The van der Waals surface area contributed by atoms with Gasteiger partial charge in [0.25, 0.3) is 0 Å². The first-order valence-corrected chi connectivity index (χ1v) is 12.6. The normalized spacial score (nSPS) is 14.3. The van der Waals surface area contributed by atoms with Crippen LogP contribution in [0.15, 0.2) is 65.1 Å². The van der Waals surface area contributed by atoms with E-state index in [4.69, 9.17) is 0 Å². The molecule has 1 heterocycles. The Morgan fingerprint density at radius 2 is 1.17 bits per heavy atom. The van der Waals surface area contributed by atoms with Crippen molar-refractivity contribution in [2.45, 2.75) is 59.9 Å². The lowest BCUT2D eigenvalue weighted by molar-refractivity contribution is -0.779. The number of pyridine rings is 1. The van der Waals surface area contributed by atoms with Crippen molar-refractivity contribution < 1.29 is 22.1 Å². The minimum absolute atomic E-state index is 0.218. The molecule has 0 aliphatic heterocycles. The summed E-state index contributed by atoms with van der Waals surface area (Å²) in [4.78, 5) is 0. The van der Waals surface area contributed by atoms with E-state index in [0.717, 1.165) is 12.0 Å². The van der Waals surface area contributed by atoms with E-state index in [9.17, 15) is 8.78 Å². The van der Waals surface area contributed by atoms with Gasteiger partial charge < -0.3 is 0 Å². The Labute approximate surface area is 214 Å². The first-order valence-electron chi connectivity index (χ1n) is 11.8. The molecule has 35 heavy (non-hydrogen) atoms. The van der Waals surface area contributed by atoms with Crippen LogP contribution in [-0.4, -0.2) is 0 Å². The molecule has 2 aromatic carbocycles. The standard InChI is InChI=1S/C29H33BrF4N/c1-18(2)17-28(3,4)24(19-13-9-7-10-14-19)29(5,6)25(20-15-11-8-12-16-20)35-26(33)22(31)21(30)23(32)27(35)34/h7-16,18,24-25H,17H2,1-6H3/q+1. The molecule has 0 spiro atoms. The van der Waals surface area contributed by atoms with Gasteiger partial charge in [-0.15, -0.1) is 13.3 Å². The molecule has 3 rings (SSSR count). The maximum absolute atomic E-state index is 15.5. The quantitative estimate of drug-likeness (QED) is 0.150. The van der Waals surface area contributed by atoms with Crippen LogP contribution in [0.3, 0.4) is 0 Å². The summed E-state index contributed by atoms with van der Waals surface area (Å²) in [7, 11) is 0. The fourth-order valence-corrected chi connectivity index (χ4v) is 6.54. The minimum atomic E-state index is -1.46. The maximum Gasteiger partial charge on any atom is 0.400 e. The van der Waals surface area contributed by atoms with Gasteiger partial charge >= 0.3 is 11.9 Å². The van der Waals surface area contributed by atoms with E-state index in [1.165, 1.54) is 0 Å². The van der Waals surface area contributed by atoms with E-state index < -0.39 is 39.5 Å². The molecule has 188 valence electrons. The SMILES string of the molecule is CC(C)CC(C)(C)C(c1ccccc1)C(C)(C)C(c1ccccc1)[n+]1c(F)c(F)c(Br)c(F)c1F. The van der Waals surface area contributed by atoms with Crippen molar-refractivity contribution in [3.63, 3.8) is 0 Å². The molecule has 0 amide bonds. The van der Waals surface area contributed by atoms with Gasteiger partial charge in [0.2, 0.25) is 11.6 Å². The van der Waals surface area contributed by atoms with Gasteiger partial charge in [0.15, 0.2) is 6.04 Å². The molecule has 0 aliphatic rings. The molecule has 0 fully saturated rings. The summed E-state index contributed by atoms with van der Waals surface area (Å²) in [5, 5.41) is 0. The van der Waals surface area contributed by atoms with Crippen molar-refractivity contribution in [3.05, 3.63) is 99.8 Å². The van der Waals surface area contributed by atoms with Crippen molar-refractivity contribution >= 4 is 15.9 Å². The molecular formula is C29H33BrF4N+. The number of halogens is 5. The highest BCUT2D eigenvalue weighted by atomic mass is 79.9. The zero-order chi connectivity index (χ0) is 26.1. The number of rotatable bonds is 8. The van der Waals surface area contributed by atoms with Gasteiger partial charge in [0.1, 0.15) is 4.47 Å². The van der Waals surface area contributed by atoms with Crippen LogP contribution < -0.4 is 4.57 Å². The highest BCUT2D eigenvalue weighted by molar-refractivity contribution is 9.10. The summed E-state index contributed by atoms with van der Waals surface area (Å²) in [5.74, 6) is -5.68. The van der Waals surface area contributed by atoms with E-state index in [2.05, 4.69) is 43.6 Å². The zero-order valence-corrected chi connectivity index (χ0v) is 22.6. The second-order valence-corrected chi connectivity index (χ2v) is 11.8. The summed E-state index contributed by atoms with van der Waals surface area (Å²) >= 11 is 2.65. The molecule has 2 unspecified atom stereocenters. The Kier molecular flexibility index (Phi) is 8.15. The molecule has 1 aromatic heterocycles. The molecule has 6 heteroatoms. The summed E-state index contributed by atoms with van der Waals surface area (Å²) in [6.45, 7) is 12.4.